The van der Waals surface area contributed by atoms with Crippen molar-refractivity contribution in [3.63, 3.8) is 0 Å². The molecule has 1 aliphatic rings. The van der Waals surface area contributed by atoms with Crippen LogP contribution in [0.15, 0.2) is 24.4 Å². The van der Waals surface area contributed by atoms with Crippen molar-refractivity contribution in [2.45, 2.75) is 78.2 Å². The van der Waals surface area contributed by atoms with E-state index in [0.29, 0.717) is 12.5 Å². The van der Waals surface area contributed by atoms with Crippen LogP contribution < -0.4 is 10.4 Å². The first-order valence-electron chi connectivity index (χ1n) is 11.1. The molecule has 0 saturated carbocycles. The van der Waals surface area contributed by atoms with E-state index in [9.17, 15) is 9.90 Å². The second-order valence-corrected chi connectivity index (χ2v) is 9.68. The van der Waals surface area contributed by atoms with E-state index in [-0.39, 0.29) is 38.6 Å². The molecule has 167 valence electrons. The van der Waals surface area contributed by atoms with E-state index in [1.54, 1.807) is 22.5 Å². The molecule has 1 amide bonds. The number of nitrogens with zero attached hydrogens (tertiary/aromatic N) is 2. The van der Waals surface area contributed by atoms with Gasteiger partial charge in [-0.3, -0.25) is 4.79 Å². The molecule has 2 N–H and O–H groups in total. The summed E-state index contributed by atoms with van der Waals surface area (Å²) < 4.78 is 0. The molecule has 1 heterocycles. The Hall–Kier alpha value is -0.656. The minimum Gasteiger partial charge on any atom is -0.388 e. The molecule has 2 aromatic rings. The summed E-state index contributed by atoms with van der Waals surface area (Å²) in [5, 5.41) is 16.3. The number of aryl methyl sites for hydroxylation is 1. The van der Waals surface area contributed by atoms with Gasteiger partial charge in [-0.15, -0.1) is 0 Å². The van der Waals surface area contributed by atoms with Crippen LogP contribution >= 0.6 is 11.3 Å². The number of hydrogen-bond acceptors (Lipinski definition) is 5. The molecule has 0 spiro atoms. The number of aliphatic hydroxyl groups is 1. The Bertz CT molecular complexity index is 841. The number of hydrazine groups is 1. The summed E-state index contributed by atoms with van der Waals surface area (Å²) >= 11 is 1.54. The summed E-state index contributed by atoms with van der Waals surface area (Å²) in [6.07, 6.45) is 6.66. The molecular formula is C24H34N3O2SY-. The molecule has 3 rings (SSSR count). The topological polar surface area (TPSA) is 65.5 Å². The Morgan fingerprint density at radius 2 is 2.10 bits per heavy atom. The number of aliphatic hydroxyl groups excluding tert-OH is 1. The number of carbonyl (C=O) groups excluding carboxylic acids is 1. The molecule has 1 aromatic carbocycles. The third-order valence-corrected chi connectivity index (χ3v) is 7.12. The first-order valence-corrected chi connectivity index (χ1v) is 11.9. The Morgan fingerprint density at radius 3 is 2.74 bits per heavy atom. The quantitative estimate of drug-likeness (QED) is 0.274. The molecule has 1 aromatic heterocycles. The number of aromatic nitrogens is 1. The van der Waals surface area contributed by atoms with Gasteiger partial charge in [0.05, 0.1) is 11.8 Å². The van der Waals surface area contributed by atoms with Crippen LogP contribution in [-0.4, -0.2) is 22.5 Å². The second kappa shape index (κ2) is 12.0. The molecule has 2 unspecified atom stereocenters. The van der Waals surface area contributed by atoms with Gasteiger partial charge in [-0.05, 0) is 61.3 Å². The van der Waals surface area contributed by atoms with Gasteiger partial charge in [0.15, 0.2) is 0 Å². The van der Waals surface area contributed by atoms with E-state index in [2.05, 4.69) is 28.8 Å². The van der Waals surface area contributed by atoms with Crippen LogP contribution in [0.2, 0.25) is 0 Å². The fourth-order valence-electron chi connectivity index (χ4n) is 3.95. The fraction of sp³-hybridized carbons (Fsp3) is 0.583. The predicted octanol–water partition coefficient (Wildman–Crippen LogP) is 5.17. The summed E-state index contributed by atoms with van der Waals surface area (Å²) in [6.45, 7) is 8.91. The van der Waals surface area contributed by atoms with Gasteiger partial charge < -0.3 is 21.4 Å². The van der Waals surface area contributed by atoms with Crippen LogP contribution in [0.25, 0.3) is 0 Å². The third-order valence-electron chi connectivity index (χ3n) is 6.35. The summed E-state index contributed by atoms with van der Waals surface area (Å²) in [6, 6.07) is 6.08. The van der Waals surface area contributed by atoms with Gasteiger partial charge in [0.2, 0.25) is 5.91 Å². The Kier molecular flexibility index (Phi) is 10.3. The average Bonchev–Trinajstić information content (AvgIpc) is 3.27. The summed E-state index contributed by atoms with van der Waals surface area (Å²) in [5.41, 5.74) is 5.97. The number of rotatable bonds is 9. The number of fused-ring (bicyclic) bond motifs is 1. The zero-order chi connectivity index (χ0) is 21.7. The van der Waals surface area contributed by atoms with E-state index in [4.69, 9.17) is 0 Å². The molecule has 0 aliphatic heterocycles. The molecular weight excluding hydrogens is 483 g/mol. The Balaban J connectivity index is 0.00000341. The van der Waals surface area contributed by atoms with Gasteiger partial charge in [0.25, 0.3) is 0 Å². The van der Waals surface area contributed by atoms with Gasteiger partial charge in [-0.25, -0.2) is 10.4 Å². The van der Waals surface area contributed by atoms with Gasteiger partial charge in [0, 0.05) is 44.7 Å². The standard InChI is InChI=1S/C24H34N3O2S.Y/c1-5-17-9-12-21(28)19-11-10-18(16-20(17)19)27(23(29)24(3,4)6-2)26-13-7-8-22-25-14-15-30-22;/h10-11,14,16-17,21,26,28H,5-9,12-13H2,1-4H3;/q-1;. The summed E-state index contributed by atoms with van der Waals surface area (Å²) in [4.78, 5) is 17.7. The number of carbonyl (C=O) groups is 1. The van der Waals surface area contributed by atoms with Crippen LogP contribution in [0.3, 0.4) is 0 Å². The zero-order valence-electron chi connectivity index (χ0n) is 19.1. The smallest absolute Gasteiger partial charge is 0.246 e. The SMILES string of the molecule is CCC1CCC(O)c2ccc(N(NCCCc3nc[c-]s3)C(=O)C(C)(C)CC)cc21.[Y]. The van der Waals surface area contributed by atoms with Crippen molar-refractivity contribution in [3.8, 4) is 0 Å². The Morgan fingerprint density at radius 1 is 1.32 bits per heavy atom. The van der Waals surface area contributed by atoms with Gasteiger partial charge >= 0.3 is 0 Å². The van der Waals surface area contributed by atoms with Crippen molar-refractivity contribution >= 4 is 22.9 Å². The van der Waals surface area contributed by atoms with Crippen LogP contribution in [0.5, 0.6) is 0 Å². The van der Waals surface area contributed by atoms with E-state index in [0.717, 1.165) is 54.8 Å². The number of thiazole rings is 1. The minimum absolute atomic E-state index is 0. The maximum absolute atomic E-state index is 13.4. The van der Waals surface area contributed by atoms with Crippen molar-refractivity contribution < 1.29 is 42.6 Å². The van der Waals surface area contributed by atoms with E-state index in [1.165, 1.54) is 5.56 Å². The number of benzene rings is 1. The van der Waals surface area contributed by atoms with Crippen molar-refractivity contribution in [1.82, 2.24) is 10.4 Å². The van der Waals surface area contributed by atoms with Crippen LogP contribution in [0.1, 0.15) is 88.0 Å². The van der Waals surface area contributed by atoms with Crippen LogP contribution in [0.4, 0.5) is 5.69 Å². The molecule has 1 radical (unpaired) electrons. The fourth-order valence-corrected chi connectivity index (χ4v) is 4.54. The average molecular weight is 518 g/mol. The minimum atomic E-state index is -0.461. The Labute approximate surface area is 215 Å². The van der Waals surface area contributed by atoms with E-state index < -0.39 is 11.5 Å². The van der Waals surface area contributed by atoms with Gasteiger partial charge in [-0.2, -0.15) is 5.38 Å². The first-order chi connectivity index (χ1) is 14.4. The van der Waals surface area contributed by atoms with Gasteiger partial charge in [0.1, 0.15) is 0 Å². The van der Waals surface area contributed by atoms with Crippen LogP contribution in [0, 0.1) is 10.8 Å². The maximum atomic E-state index is 13.4. The molecule has 1 aliphatic carbocycles. The van der Waals surface area contributed by atoms with E-state index >= 15 is 0 Å². The van der Waals surface area contributed by atoms with Gasteiger partial charge in [-0.1, -0.05) is 51.4 Å². The third kappa shape index (κ3) is 6.45. The van der Waals surface area contributed by atoms with Crippen molar-refractivity contribution in [2.24, 2.45) is 5.41 Å². The molecule has 0 bridgehead atoms. The van der Waals surface area contributed by atoms with Crippen molar-refractivity contribution in [2.75, 3.05) is 11.6 Å². The molecule has 5 nitrogen and oxygen atoms in total. The first kappa shape index (κ1) is 26.6. The number of hydrogen-bond donors (Lipinski definition) is 2. The monoisotopic (exact) mass is 517 g/mol. The molecule has 2 atom stereocenters. The predicted molar refractivity (Wildman–Crippen MR) is 122 cm³/mol. The number of anilines is 1. The maximum Gasteiger partial charge on any atom is 0.246 e. The summed E-state index contributed by atoms with van der Waals surface area (Å²) in [5.74, 6) is 0.498. The normalized spacial score (nSPS) is 18.2. The van der Waals surface area contributed by atoms with E-state index in [1.807, 2.05) is 32.9 Å². The number of nitrogens with one attached hydrogen (secondary N) is 1. The second-order valence-electron chi connectivity index (χ2n) is 8.77. The zero-order valence-corrected chi connectivity index (χ0v) is 22.8. The molecule has 0 saturated heterocycles. The molecule has 7 heteroatoms. The largest absolute Gasteiger partial charge is 0.388 e. The van der Waals surface area contributed by atoms with Crippen molar-refractivity contribution in [3.05, 3.63) is 45.9 Å². The summed E-state index contributed by atoms with van der Waals surface area (Å²) in [7, 11) is 0. The van der Waals surface area contributed by atoms with Crippen molar-refractivity contribution in [1.29, 1.82) is 0 Å². The molecule has 0 fully saturated rings. The van der Waals surface area contributed by atoms with Crippen LogP contribution in [-0.2, 0) is 43.9 Å². The number of amides is 1. The molecule has 31 heavy (non-hydrogen) atoms.